The number of halogens is 1. The lowest BCUT2D eigenvalue weighted by molar-refractivity contribution is 0.0599. The lowest BCUT2D eigenvalue weighted by Crippen LogP contribution is -2.03. The first-order chi connectivity index (χ1) is 6.72. The second-order valence-electron chi connectivity index (χ2n) is 2.75. The molecule has 0 bridgehead atoms. The van der Waals surface area contributed by atoms with E-state index in [0.29, 0.717) is 5.52 Å². The van der Waals surface area contributed by atoms with Crippen LogP contribution in [0.25, 0.3) is 5.52 Å². The summed E-state index contributed by atoms with van der Waals surface area (Å²) in [6, 6.07) is 1.13. The van der Waals surface area contributed by atoms with E-state index in [0.717, 1.165) is 6.07 Å². The minimum Gasteiger partial charge on any atom is -0.465 e. The highest BCUT2D eigenvalue weighted by atomic mass is 19.1. The molecular weight excluding hydrogens is 187 g/mol. The standard InChI is InChI=1S/C9H7FN2O2/c1-14-9(13)6-2-7(10)8-3-11-5-12(8)4-6/h2-5H,1H3. The first-order valence-electron chi connectivity index (χ1n) is 3.92. The molecule has 0 saturated carbocycles. The molecule has 0 aliphatic rings. The molecule has 0 saturated heterocycles. The van der Waals surface area contributed by atoms with Crippen LogP contribution >= 0.6 is 0 Å². The maximum Gasteiger partial charge on any atom is 0.339 e. The molecule has 0 aliphatic heterocycles. The van der Waals surface area contributed by atoms with Gasteiger partial charge in [0.15, 0.2) is 0 Å². The zero-order valence-electron chi connectivity index (χ0n) is 7.40. The molecule has 5 heteroatoms. The van der Waals surface area contributed by atoms with Crippen LogP contribution in [-0.2, 0) is 4.74 Å². The first kappa shape index (κ1) is 8.68. The third-order valence-electron chi connectivity index (χ3n) is 1.89. The van der Waals surface area contributed by atoms with Crippen LogP contribution in [0.15, 0.2) is 24.8 Å². The number of carbonyl (C=O) groups excluding carboxylic acids is 1. The maximum atomic E-state index is 13.3. The number of hydrogen-bond donors (Lipinski definition) is 0. The zero-order chi connectivity index (χ0) is 10.1. The molecule has 72 valence electrons. The van der Waals surface area contributed by atoms with Crippen molar-refractivity contribution >= 4 is 11.5 Å². The third-order valence-corrected chi connectivity index (χ3v) is 1.89. The summed E-state index contributed by atoms with van der Waals surface area (Å²) in [6.07, 6.45) is 4.28. The molecule has 2 aromatic heterocycles. The van der Waals surface area contributed by atoms with E-state index < -0.39 is 11.8 Å². The fourth-order valence-corrected chi connectivity index (χ4v) is 1.22. The molecule has 0 aliphatic carbocycles. The Hall–Kier alpha value is -1.91. The number of ether oxygens (including phenoxy) is 1. The lowest BCUT2D eigenvalue weighted by atomic mass is 10.2. The van der Waals surface area contributed by atoms with Crippen LogP contribution in [0.4, 0.5) is 4.39 Å². The molecule has 0 spiro atoms. The van der Waals surface area contributed by atoms with Crippen molar-refractivity contribution < 1.29 is 13.9 Å². The summed E-state index contributed by atoms with van der Waals surface area (Å²) in [7, 11) is 1.25. The SMILES string of the molecule is COC(=O)c1cc(F)c2cncn2c1. The summed E-state index contributed by atoms with van der Waals surface area (Å²) in [6.45, 7) is 0. The van der Waals surface area contributed by atoms with E-state index in [-0.39, 0.29) is 5.56 Å². The molecule has 2 rings (SSSR count). The van der Waals surface area contributed by atoms with Gasteiger partial charge in [0.25, 0.3) is 0 Å². The van der Waals surface area contributed by atoms with Crippen LogP contribution in [0.1, 0.15) is 10.4 Å². The van der Waals surface area contributed by atoms with Crippen molar-refractivity contribution in [2.45, 2.75) is 0 Å². The monoisotopic (exact) mass is 194 g/mol. The molecule has 0 amide bonds. The molecule has 0 radical (unpaired) electrons. The third kappa shape index (κ3) is 1.22. The van der Waals surface area contributed by atoms with Crippen molar-refractivity contribution in [2.75, 3.05) is 7.11 Å². The second kappa shape index (κ2) is 3.10. The molecule has 0 atom stereocenters. The molecule has 0 unspecified atom stereocenters. The Bertz CT molecular complexity index is 493. The molecule has 14 heavy (non-hydrogen) atoms. The topological polar surface area (TPSA) is 43.6 Å². The summed E-state index contributed by atoms with van der Waals surface area (Å²) >= 11 is 0. The van der Waals surface area contributed by atoms with E-state index in [1.165, 1.54) is 30.2 Å². The van der Waals surface area contributed by atoms with Crippen LogP contribution < -0.4 is 0 Å². The Balaban J connectivity index is 2.64. The van der Waals surface area contributed by atoms with Gasteiger partial charge < -0.3 is 9.14 Å². The number of imidazole rings is 1. The van der Waals surface area contributed by atoms with Crippen molar-refractivity contribution in [3.05, 3.63) is 36.2 Å². The number of hydrogen-bond acceptors (Lipinski definition) is 3. The van der Waals surface area contributed by atoms with E-state index in [9.17, 15) is 9.18 Å². The van der Waals surface area contributed by atoms with Crippen molar-refractivity contribution in [1.29, 1.82) is 0 Å². The Labute approximate surface area is 78.9 Å². The zero-order valence-corrected chi connectivity index (χ0v) is 7.40. The Morgan fingerprint density at radius 1 is 1.64 bits per heavy atom. The predicted octanol–water partition coefficient (Wildman–Crippen LogP) is 1.26. The lowest BCUT2D eigenvalue weighted by Gasteiger charge is -2.01. The van der Waals surface area contributed by atoms with E-state index in [1.54, 1.807) is 0 Å². The highest BCUT2D eigenvalue weighted by molar-refractivity contribution is 5.89. The van der Waals surface area contributed by atoms with Crippen molar-refractivity contribution in [2.24, 2.45) is 0 Å². The average molecular weight is 194 g/mol. The molecule has 0 N–H and O–H groups in total. The van der Waals surface area contributed by atoms with Gasteiger partial charge in [0, 0.05) is 6.20 Å². The van der Waals surface area contributed by atoms with Gasteiger partial charge in [0.2, 0.25) is 0 Å². The smallest absolute Gasteiger partial charge is 0.339 e. The van der Waals surface area contributed by atoms with Gasteiger partial charge in [-0.2, -0.15) is 0 Å². The number of fused-ring (bicyclic) bond motifs is 1. The van der Waals surface area contributed by atoms with E-state index >= 15 is 0 Å². The molecule has 0 fully saturated rings. The predicted molar refractivity (Wildman–Crippen MR) is 46.5 cm³/mol. The van der Waals surface area contributed by atoms with Crippen LogP contribution in [0, 0.1) is 5.82 Å². The molecular formula is C9H7FN2O2. The summed E-state index contributed by atoms with van der Waals surface area (Å²) in [4.78, 5) is 14.9. The van der Waals surface area contributed by atoms with Crippen LogP contribution in [0.2, 0.25) is 0 Å². The van der Waals surface area contributed by atoms with E-state index in [2.05, 4.69) is 9.72 Å². The molecule has 2 heterocycles. The second-order valence-corrected chi connectivity index (χ2v) is 2.75. The van der Waals surface area contributed by atoms with Crippen molar-refractivity contribution in [3.8, 4) is 0 Å². The number of rotatable bonds is 1. The number of methoxy groups -OCH3 is 1. The largest absolute Gasteiger partial charge is 0.465 e. The van der Waals surface area contributed by atoms with Gasteiger partial charge in [-0.15, -0.1) is 0 Å². The first-order valence-corrected chi connectivity index (χ1v) is 3.92. The van der Waals surface area contributed by atoms with Gasteiger partial charge in [0.05, 0.1) is 25.2 Å². The van der Waals surface area contributed by atoms with Gasteiger partial charge in [-0.05, 0) is 6.07 Å². The Morgan fingerprint density at radius 2 is 2.43 bits per heavy atom. The number of pyridine rings is 1. The minimum absolute atomic E-state index is 0.163. The average Bonchev–Trinajstić information content (AvgIpc) is 2.64. The van der Waals surface area contributed by atoms with E-state index in [4.69, 9.17) is 0 Å². The Morgan fingerprint density at radius 3 is 3.14 bits per heavy atom. The highest BCUT2D eigenvalue weighted by Gasteiger charge is 2.10. The Kier molecular flexibility index (Phi) is 1.92. The fraction of sp³-hybridized carbons (Fsp3) is 0.111. The summed E-state index contributed by atoms with van der Waals surface area (Å²) in [5.41, 5.74) is 0.494. The number of carbonyl (C=O) groups is 1. The van der Waals surface area contributed by atoms with Crippen LogP contribution in [0.5, 0.6) is 0 Å². The number of aromatic nitrogens is 2. The van der Waals surface area contributed by atoms with Gasteiger partial charge in [0.1, 0.15) is 11.3 Å². The number of nitrogens with zero attached hydrogens (tertiary/aromatic N) is 2. The summed E-state index contributed by atoms with van der Waals surface area (Å²) < 4.78 is 19.2. The van der Waals surface area contributed by atoms with Crippen molar-refractivity contribution in [1.82, 2.24) is 9.38 Å². The quantitative estimate of drug-likeness (QED) is 0.642. The minimum atomic E-state index is -0.570. The van der Waals surface area contributed by atoms with E-state index in [1.807, 2.05) is 0 Å². The maximum absolute atomic E-state index is 13.3. The summed E-state index contributed by atoms with van der Waals surface area (Å²) in [5.74, 6) is -1.06. The molecule has 2 aromatic rings. The number of esters is 1. The van der Waals surface area contributed by atoms with Gasteiger partial charge >= 0.3 is 5.97 Å². The van der Waals surface area contributed by atoms with Gasteiger partial charge in [-0.1, -0.05) is 0 Å². The normalized spacial score (nSPS) is 10.4. The van der Waals surface area contributed by atoms with Crippen LogP contribution in [0.3, 0.4) is 0 Å². The molecule has 4 nitrogen and oxygen atoms in total. The fourth-order valence-electron chi connectivity index (χ4n) is 1.22. The van der Waals surface area contributed by atoms with Crippen LogP contribution in [-0.4, -0.2) is 22.5 Å². The molecule has 0 aromatic carbocycles. The van der Waals surface area contributed by atoms with Gasteiger partial charge in [-0.3, -0.25) is 0 Å². The van der Waals surface area contributed by atoms with Gasteiger partial charge in [-0.25, -0.2) is 14.2 Å². The highest BCUT2D eigenvalue weighted by Crippen LogP contribution is 2.11. The van der Waals surface area contributed by atoms with Crippen molar-refractivity contribution in [3.63, 3.8) is 0 Å². The summed E-state index contributed by atoms with van der Waals surface area (Å²) in [5, 5.41) is 0.